The zero-order chi connectivity index (χ0) is 21.9. The molecule has 0 N–H and O–H groups in total. The molecule has 1 saturated heterocycles. The third kappa shape index (κ3) is 3.74. The molecule has 9 heteroatoms. The van der Waals surface area contributed by atoms with Crippen LogP contribution in [0.25, 0.3) is 6.08 Å². The number of ketones is 1. The smallest absolute Gasteiger partial charge is 0.232 e. The van der Waals surface area contributed by atoms with Crippen LogP contribution in [0.15, 0.2) is 30.0 Å². The van der Waals surface area contributed by atoms with E-state index in [1.165, 1.54) is 0 Å². The zero-order valence-corrected chi connectivity index (χ0v) is 19.0. The molecule has 31 heavy (non-hydrogen) atoms. The summed E-state index contributed by atoms with van der Waals surface area (Å²) in [5.41, 5.74) is 2.75. The summed E-state index contributed by atoms with van der Waals surface area (Å²) in [5.74, 6) is 1.46. The molecule has 0 aliphatic carbocycles. The highest BCUT2D eigenvalue weighted by atomic mass is 35.5. The SMILES string of the molecule is Cc1cc2c(c3c1C(=O)/C(=C/c1ccc(Cl)c(Cl)c1)O3)CN(C1CCS(=O)(=O)C1)CO2. The molecule has 0 aromatic heterocycles. The molecule has 0 bridgehead atoms. The Hall–Kier alpha value is -2.06. The minimum Gasteiger partial charge on any atom is -0.478 e. The number of hydrogen-bond donors (Lipinski definition) is 0. The Balaban J connectivity index is 1.49. The lowest BCUT2D eigenvalue weighted by Crippen LogP contribution is -2.41. The van der Waals surface area contributed by atoms with Crippen LogP contribution in [0.5, 0.6) is 11.5 Å². The van der Waals surface area contributed by atoms with Gasteiger partial charge in [0.1, 0.15) is 18.2 Å². The molecule has 0 spiro atoms. The van der Waals surface area contributed by atoms with E-state index in [0.29, 0.717) is 52.4 Å². The number of Topliss-reactive ketones (excluding diaryl/α,β-unsaturated/α-hetero) is 1. The van der Waals surface area contributed by atoms with Crippen molar-refractivity contribution >= 4 is 44.9 Å². The molecule has 1 atom stereocenters. The molecule has 1 unspecified atom stereocenters. The molecule has 3 aliphatic rings. The number of hydrogen-bond acceptors (Lipinski definition) is 6. The highest BCUT2D eigenvalue weighted by molar-refractivity contribution is 7.91. The van der Waals surface area contributed by atoms with Gasteiger partial charge >= 0.3 is 0 Å². The summed E-state index contributed by atoms with van der Waals surface area (Å²) in [6, 6.07) is 6.84. The van der Waals surface area contributed by atoms with Crippen molar-refractivity contribution in [2.75, 3.05) is 18.2 Å². The Kier molecular flexibility index (Phi) is 5.05. The van der Waals surface area contributed by atoms with Gasteiger partial charge in [-0.25, -0.2) is 8.42 Å². The third-order valence-electron chi connectivity index (χ3n) is 5.92. The molecule has 3 aliphatic heterocycles. The van der Waals surface area contributed by atoms with Gasteiger partial charge in [-0.1, -0.05) is 29.3 Å². The fraction of sp³-hybridized carbons (Fsp3) is 0.318. The highest BCUT2D eigenvalue weighted by Crippen LogP contribution is 2.44. The van der Waals surface area contributed by atoms with Crippen molar-refractivity contribution in [3.63, 3.8) is 0 Å². The minimum absolute atomic E-state index is 0.0987. The lowest BCUT2D eigenvalue weighted by atomic mass is 9.98. The quantitative estimate of drug-likeness (QED) is 0.599. The van der Waals surface area contributed by atoms with E-state index < -0.39 is 9.84 Å². The lowest BCUT2D eigenvalue weighted by molar-refractivity contribution is 0.0633. The van der Waals surface area contributed by atoms with Gasteiger partial charge in [-0.3, -0.25) is 9.69 Å². The molecule has 0 saturated carbocycles. The van der Waals surface area contributed by atoms with Crippen molar-refractivity contribution in [1.82, 2.24) is 4.90 Å². The lowest BCUT2D eigenvalue weighted by Gasteiger charge is -2.33. The maximum absolute atomic E-state index is 13.1. The van der Waals surface area contributed by atoms with Crippen molar-refractivity contribution in [2.45, 2.75) is 25.9 Å². The normalized spacial score (nSPS) is 23.4. The first-order valence-corrected chi connectivity index (χ1v) is 12.4. The van der Waals surface area contributed by atoms with Crippen molar-refractivity contribution in [1.29, 1.82) is 0 Å². The molecule has 5 rings (SSSR count). The van der Waals surface area contributed by atoms with Crippen LogP contribution >= 0.6 is 23.2 Å². The van der Waals surface area contributed by atoms with E-state index in [2.05, 4.69) is 0 Å². The van der Waals surface area contributed by atoms with Gasteiger partial charge in [-0.05, 0) is 48.7 Å². The Bertz CT molecular complexity index is 1260. The summed E-state index contributed by atoms with van der Waals surface area (Å²) >= 11 is 12.1. The number of fused-ring (bicyclic) bond motifs is 3. The van der Waals surface area contributed by atoms with Gasteiger partial charge in [-0.2, -0.15) is 0 Å². The summed E-state index contributed by atoms with van der Waals surface area (Å²) in [6.45, 7) is 2.62. The van der Waals surface area contributed by atoms with E-state index in [-0.39, 0.29) is 29.1 Å². The van der Waals surface area contributed by atoms with E-state index in [1.54, 1.807) is 24.3 Å². The largest absolute Gasteiger partial charge is 0.478 e. The molecular formula is C22H19Cl2NO5S. The Morgan fingerprint density at radius 3 is 2.71 bits per heavy atom. The molecule has 0 amide bonds. The van der Waals surface area contributed by atoms with E-state index in [0.717, 1.165) is 11.1 Å². The Morgan fingerprint density at radius 1 is 1.19 bits per heavy atom. The first-order chi connectivity index (χ1) is 14.7. The van der Waals surface area contributed by atoms with E-state index in [1.807, 2.05) is 17.9 Å². The predicted octanol–water partition coefficient (Wildman–Crippen LogP) is 4.26. The summed E-state index contributed by atoms with van der Waals surface area (Å²) < 4.78 is 35.8. The number of sulfone groups is 1. The summed E-state index contributed by atoms with van der Waals surface area (Å²) in [4.78, 5) is 15.1. The Morgan fingerprint density at radius 2 is 2.00 bits per heavy atom. The highest BCUT2D eigenvalue weighted by Gasteiger charge is 2.39. The predicted molar refractivity (Wildman–Crippen MR) is 119 cm³/mol. The zero-order valence-electron chi connectivity index (χ0n) is 16.7. The molecule has 162 valence electrons. The second kappa shape index (κ2) is 7.52. The number of ether oxygens (including phenoxy) is 2. The second-order valence-corrected chi connectivity index (χ2v) is 11.1. The molecule has 6 nitrogen and oxygen atoms in total. The van der Waals surface area contributed by atoms with Gasteiger partial charge < -0.3 is 9.47 Å². The number of halogens is 2. The number of allylic oxidation sites excluding steroid dienone is 1. The molecule has 0 radical (unpaired) electrons. The van der Waals surface area contributed by atoms with Crippen molar-refractivity contribution in [3.8, 4) is 11.5 Å². The van der Waals surface area contributed by atoms with Crippen LogP contribution in [0.2, 0.25) is 10.0 Å². The number of benzene rings is 2. The van der Waals surface area contributed by atoms with Gasteiger partial charge in [0.25, 0.3) is 0 Å². The van der Waals surface area contributed by atoms with E-state index in [4.69, 9.17) is 32.7 Å². The maximum Gasteiger partial charge on any atom is 0.232 e. The maximum atomic E-state index is 13.1. The van der Waals surface area contributed by atoms with Crippen LogP contribution in [0.3, 0.4) is 0 Å². The van der Waals surface area contributed by atoms with Gasteiger partial charge in [0.05, 0.1) is 32.7 Å². The van der Waals surface area contributed by atoms with Crippen LogP contribution in [-0.4, -0.2) is 43.4 Å². The van der Waals surface area contributed by atoms with Gasteiger partial charge in [0, 0.05) is 12.6 Å². The van der Waals surface area contributed by atoms with Crippen molar-refractivity contribution in [2.24, 2.45) is 0 Å². The topological polar surface area (TPSA) is 72.9 Å². The standard InChI is InChI=1S/C22H19Cl2NO5S/c1-12-6-18-15(9-25(11-29-18)14-4-5-31(27,28)10-14)22-20(12)21(26)19(30-22)8-13-2-3-16(23)17(24)7-13/h2-3,6-8,14H,4-5,9-11H2,1H3/b19-8-. The first-order valence-electron chi connectivity index (χ1n) is 9.85. The summed E-state index contributed by atoms with van der Waals surface area (Å²) in [6.07, 6.45) is 2.22. The van der Waals surface area contributed by atoms with Crippen LogP contribution in [0.4, 0.5) is 0 Å². The van der Waals surface area contributed by atoms with Crippen molar-refractivity contribution in [3.05, 3.63) is 62.3 Å². The van der Waals surface area contributed by atoms with E-state index in [9.17, 15) is 13.2 Å². The van der Waals surface area contributed by atoms with Gasteiger partial charge in [0.2, 0.25) is 5.78 Å². The monoisotopic (exact) mass is 479 g/mol. The fourth-order valence-electron chi connectivity index (χ4n) is 4.30. The molecule has 2 aromatic carbocycles. The molecule has 3 heterocycles. The van der Waals surface area contributed by atoms with Gasteiger partial charge in [0.15, 0.2) is 15.6 Å². The van der Waals surface area contributed by atoms with Crippen LogP contribution in [-0.2, 0) is 16.4 Å². The summed E-state index contributed by atoms with van der Waals surface area (Å²) in [7, 11) is -3.01. The average molecular weight is 480 g/mol. The number of rotatable bonds is 2. The molecule has 1 fully saturated rings. The number of carbonyl (C=O) groups is 1. The first kappa shape index (κ1) is 20.8. The van der Waals surface area contributed by atoms with Crippen molar-refractivity contribution < 1.29 is 22.7 Å². The molecule has 2 aromatic rings. The fourth-order valence-corrected chi connectivity index (χ4v) is 6.37. The number of aryl methyl sites for hydroxylation is 1. The van der Waals surface area contributed by atoms with Gasteiger partial charge in [-0.15, -0.1) is 0 Å². The number of nitrogens with zero attached hydrogens (tertiary/aromatic N) is 1. The summed E-state index contributed by atoms with van der Waals surface area (Å²) in [5, 5.41) is 0.824. The minimum atomic E-state index is -3.01. The third-order valence-corrected chi connectivity index (χ3v) is 8.41. The molecular weight excluding hydrogens is 461 g/mol. The average Bonchev–Trinajstić information content (AvgIpc) is 3.25. The van der Waals surface area contributed by atoms with E-state index >= 15 is 0 Å². The Labute approximate surface area is 190 Å². The van der Waals surface area contributed by atoms with Crippen LogP contribution < -0.4 is 9.47 Å². The van der Waals surface area contributed by atoms with Crippen LogP contribution in [0.1, 0.15) is 33.5 Å². The number of carbonyl (C=O) groups excluding carboxylic acids is 1. The van der Waals surface area contributed by atoms with Crippen LogP contribution in [0, 0.1) is 6.92 Å². The second-order valence-electron chi connectivity index (χ2n) is 8.06.